The standard InChI is InChI=1S/C12H12ClFN2S/c13-9-6-8(3-4-10(9)14)7-11(16-15)12-2-1-5-17-12/h1-6,11,16H,7,15H2. The van der Waals surface area contributed by atoms with E-state index >= 15 is 0 Å². The Labute approximate surface area is 108 Å². The molecule has 3 N–H and O–H groups in total. The first-order chi connectivity index (χ1) is 8.20. The fourth-order valence-corrected chi connectivity index (χ4v) is 2.62. The van der Waals surface area contributed by atoms with Gasteiger partial charge in [0, 0.05) is 4.88 Å². The molecular weight excluding hydrogens is 259 g/mol. The quantitative estimate of drug-likeness (QED) is 0.661. The van der Waals surface area contributed by atoms with Crippen LogP contribution in [0.15, 0.2) is 35.7 Å². The number of benzene rings is 1. The Bertz CT molecular complexity index is 487. The Kier molecular flexibility index (Phi) is 4.12. The van der Waals surface area contributed by atoms with E-state index in [1.54, 1.807) is 23.5 Å². The minimum absolute atomic E-state index is 0.0246. The molecule has 2 aromatic rings. The number of halogens is 2. The fraction of sp³-hybridized carbons (Fsp3) is 0.167. The van der Waals surface area contributed by atoms with Gasteiger partial charge in [-0.3, -0.25) is 11.3 Å². The highest BCUT2D eigenvalue weighted by atomic mass is 35.5. The molecule has 0 radical (unpaired) electrons. The van der Waals surface area contributed by atoms with Crippen molar-refractivity contribution >= 4 is 22.9 Å². The summed E-state index contributed by atoms with van der Waals surface area (Å²) in [5.74, 6) is 5.13. The number of hydrazine groups is 1. The third-order valence-corrected chi connectivity index (χ3v) is 3.79. The van der Waals surface area contributed by atoms with E-state index in [9.17, 15) is 4.39 Å². The van der Waals surface area contributed by atoms with Gasteiger partial charge in [0.05, 0.1) is 11.1 Å². The van der Waals surface area contributed by atoms with Crippen molar-refractivity contribution < 1.29 is 4.39 Å². The fourth-order valence-electron chi connectivity index (χ4n) is 1.63. The van der Waals surface area contributed by atoms with E-state index in [1.165, 1.54) is 6.07 Å². The molecule has 0 aliphatic carbocycles. The summed E-state index contributed by atoms with van der Waals surface area (Å²) in [5.41, 5.74) is 3.71. The third-order valence-electron chi connectivity index (χ3n) is 2.51. The summed E-state index contributed by atoms with van der Waals surface area (Å²) in [5, 5.41) is 2.14. The molecule has 5 heteroatoms. The van der Waals surface area contributed by atoms with Crippen LogP contribution in [-0.2, 0) is 6.42 Å². The molecule has 0 amide bonds. The molecule has 0 fully saturated rings. The number of rotatable bonds is 4. The van der Waals surface area contributed by atoms with E-state index in [1.807, 2.05) is 17.5 Å². The predicted molar refractivity (Wildman–Crippen MR) is 69.5 cm³/mol. The molecule has 1 aromatic heterocycles. The van der Waals surface area contributed by atoms with Crippen molar-refractivity contribution in [3.63, 3.8) is 0 Å². The second-order valence-electron chi connectivity index (χ2n) is 3.69. The van der Waals surface area contributed by atoms with Crippen LogP contribution in [0.2, 0.25) is 5.02 Å². The summed E-state index contributed by atoms with van der Waals surface area (Å²) in [6, 6.07) is 8.74. The van der Waals surface area contributed by atoms with Crippen molar-refractivity contribution in [2.45, 2.75) is 12.5 Å². The molecule has 0 saturated heterocycles. The molecular formula is C12H12ClFN2S. The maximum atomic E-state index is 13.0. The van der Waals surface area contributed by atoms with Crippen LogP contribution in [-0.4, -0.2) is 0 Å². The van der Waals surface area contributed by atoms with Crippen molar-refractivity contribution in [1.82, 2.24) is 5.43 Å². The molecule has 1 heterocycles. The Morgan fingerprint density at radius 2 is 2.24 bits per heavy atom. The van der Waals surface area contributed by atoms with E-state index in [4.69, 9.17) is 17.4 Å². The smallest absolute Gasteiger partial charge is 0.141 e. The molecule has 2 nitrogen and oxygen atoms in total. The first-order valence-corrected chi connectivity index (χ1v) is 6.40. The number of nitrogens with two attached hydrogens (primary N) is 1. The number of thiophene rings is 1. The SMILES string of the molecule is NNC(Cc1ccc(F)c(Cl)c1)c1cccs1. The summed E-state index contributed by atoms with van der Waals surface area (Å²) < 4.78 is 13.0. The van der Waals surface area contributed by atoms with Crippen molar-refractivity contribution in [2.24, 2.45) is 5.84 Å². The summed E-state index contributed by atoms with van der Waals surface area (Å²) in [6.45, 7) is 0. The van der Waals surface area contributed by atoms with Crippen LogP contribution in [0.3, 0.4) is 0 Å². The number of hydrogen-bond donors (Lipinski definition) is 2. The van der Waals surface area contributed by atoms with Crippen molar-refractivity contribution in [2.75, 3.05) is 0 Å². The first kappa shape index (κ1) is 12.5. The average molecular weight is 271 g/mol. The van der Waals surface area contributed by atoms with Gasteiger partial charge in [-0.1, -0.05) is 23.7 Å². The molecule has 2 rings (SSSR count). The van der Waals surface area contributed by atoms with Crippen LogP contribution in [0.25, 0.3) is 0 Å². The van der Waals surface area contributed by atoms with Gasteiger partial charge in [-0.15, -0.1) is 11.3 Å². The van der Waals surface area contributed by atoms with Gasteiger partial charge in [0.1, 0.15) is 5.82 Å². The summed E-state index contributed by atoms with van der Waals surface area (Å²) in [7, 11) is 0. The monoisotopic (exact) mass is 270 g/mol. The molecule has 0 spiro atoms. The molecule has 0 bridgehead atoms. The highest BCUT2D eigenvalue weighted by molar-refractivity contribution is 7.10. The average Bonchev–Trinajstić information content (AvgIpc) is 2.84. The van der Waals surface area contributed by atoms with Crippen LogP contribution in [0.5, 0.6) is 0 Å². The molecule has 1 aromatic carbocycles. The van der Waals surface area contributed by atoms with Crippen LogP contribution in [0.4, 0.5) is 4.39 Å². The third kappa shape index (κ3) is 3.04. The topological polar surface area (TPSA) is 38.0 Å². The first-order valence-electron chi connectivity index (χ1n) is 5.14. The molecule has 0 aliphatic heterocycles. The second-order valence-corrected chi connectivity index (χ2v) is 5.07. The van der Waals surface area contributed by atoms with Crippen LogP contribution in [0.1, 0.15) is 16.5 Å². The van der Waals surface area contributed by atoms with Crippen LogP contribution >= 0.6 is 22.9 Å². The lowest BCUT2D eigenvalue weighted by molar-refractivity contribution is 0.559. The van der Waals surface area contributed by atoms with E-state index in [2.05, 4.69) is 5.43 Å². The molecule has 1 atom stereocenters. The molecule has 90 valence electrons. The van der Waals surface area contributed by atoms with E-state index < -0.39 is 5.82 Å². The Morgan fingerprint density at radius 3 is 2.82 bits per heavy atom. The highest BCUT2D eigenvalue weighted by Gasteiger charge is 2.12. The minimum Gasteiger partial charge on any atom is -0.271 e. The molecule has 1 unspecified atom stereocenters. The highest BCUT2D eigenvalue weighted by Crippen LogP contribution is 2.24. The number of hydrogen-bond acceptors (Lipinski definition) is 3. The Hall–Kier alpha value is -0.940. The van der Waals surface area contributed by atoms with Gasteiger partial charge in [0.15, 0.2) is 0 Å². The van der Waals surface area contributed by atoms with E-state index in [0.717, 1.165) is 10.4 Å². The molecule has 0 saturated carbocycles. The largest absolute Gasteiger partial charge is 0.271 e. The minimum atomic E-state index is -0.399. The van der Waals surface area contributed by atoms with Crippen LogP contribution < -0.4 is 11.3 Å². The maximum absolute atomic E-state index is 13.0. The number of nitrogens with one attached hydrogen (secondary N) is 1. The normalized spacial score (nSPS) is 12.6. The van der Waals surface area contributed by atoms with E-state index in [-0.39, 0.29) is 11.1 Å². The summed E-state index contributed by atoms with van der Waals surface area (Å²) in [4.78, 5) is 1.15. The lowest BCUT2D eigenvalue weighted by Gasteiger charge is -2.14. The molecule has 17 heavy (non-hydrogen) atoms. The van der Waals surface area contributed by atoms with E-state index in [0.29, 0.717) is 6.42 Å². The zero-order valence-corrected chi connectivity index (χ0v) is 10.6. The van der Waals surface area contributed by atoms with Gasteiger partial charge in [-0.25, -0.2) is 4.39 Å². The summed E-state index contributed by atoms with van der Waals surface area (Å²) in [6.07, 6.45) is 0.678. The van der Waals surface area contributed by atoms with Crippen molar-refractivity contribution in [3.8, 4) is 0 Å². The second kappa shape index (κ2) is 5.60. The van der Waals surface area contributed by atoms with Crippen molar-refractivity contribution in [1.29, 1.82) is 0 Å². The Balaban J connectivity index is 2.16. The van der Waals surface area contributed by atoms with Gasteiger partial charge >= 0.3 is 0 Å². The summed E-state index contributed by atoms with van der Waals surface area (Å²) >= 11 is 7.37. The molecule has 0 aliphatic rings. The lowest BCUT2D eigenvalue weighted by atomic mass is 10.1. The van der Waals surface area contributed by atoms with Crippen molar-refractivity contribution in [3.05, 3.63) is 57.0 Å². The van der Waals surface area contributed by atoms with Gasteiger partial charge in [-0.2, -0.15) is 0 Å². The Morgan fingerprint density at radius 1 is 1.41 bits per heavy atom. The lowest BCUT2D eigenvalue weighted by Crippen LogP contribution is -2.28. The zero-order chi connectivity index (χ0) is 12.3. The van der Waals surface area contributed by atoms with Crippen LogP contribution in [0, 0.1) is 5.82 Å². The maximum Gasteiger partial charge on any atom is 0.141 e. The van der Waals surface area contributed by atoms with Gasteiger partial charge in [0.2, 0.25) is 0 Å². The zero-order valence-electron chi connectivity index (χ0n) is 8.99. The predicted octanol–water partition coefficient (Wildman–Crippen LogP) is 3.29. The van der Waals surface area contributed by atoms with Gasteiger partial charge in [0.25, 0.3) is 0 Å². The van der Waals surface area contributed by atoms with Gasteiger partial charge < -0.3 is 0 Å². The van der Waals surface area contributed by atoms with Gasteiger partial charge in [-0.05, 0) is 35.6 Å².